The number of halogens is 2. The number of hydrazone groups is 1. The predicted molar refractivity (Wildman–Crippen MR) is 144 cm³/mol. The summed E-state index contributed by atoms with van der Waals surface area (Å²) >= 11 is 6.47. The third-order valence-electron chi connectivity index (χ3n) is 7.48. The normalized spacial score (nSPS) is 23.1. The molecular formula is C28H34ClFN6. The van der Waals surface area contributed by atoms with E-state index in [-0.39, 0.29) is 11.9 Å². The van der Waals surface area contributed by atoms with Gasteiger partial charge in [-0.05, 0) is 61.6 Å². The fourth-order valence-electron chi connectivity index (χ4n) is 5.33. The fraction of sp³-hybridized carbons (Fsp3) is 0.464. The minimum Gasteiger partial charge on any atom is -0.341 e. The van der Waals surface area contributed by atoms with Crippen molar-refractivity contribution in [2.45, 2.75) is 58.0 Å². The molecule has 1 unspecified atom stereocenters. The SMILES string of the molecule is CC[C@H]1CCCN1N=C1CCN(CC2=C(C)C(c3ccc(F)cc3Cl)N=C(c3ccccn3)N2)CC1. The van der Waals surface area contributed by atoms with Crippen LogP contribution in [-0.2, 0) is 0 Å². The Kier molecular flexibility index (Phi) is 7.67. The van der Waals surface area contributed by atoms with Crippen LogP contribution < -0.4 is 5.32 Å². The Morgan fingerprint density at radius 2 is 2.00 bits per heavy atom. The number of rotatable bonds is 6. The van der Waals surface area contributed by atoms with E-state index < -0.39 is 0 Å². The van der Waals surface area contributed by atoms with Gasteiger partial charge in [-0.15, -0.1) is 0 Å². The maximum absolute atomic E-state index is 13.8. The Hall–Kier alpha value is -2.77. The van der Waals surface area contributed by atoms with E-state index in [1.807, 2.05) is 18.2 Å². The lowest BCUT2D eigenvalue weighted by Gasteiger charge is -2.33. The molecule has 6 nitrogen and oxygen atoms in total. The second-order valence-electron chi connectivity index (χ2n) is 9.86. The van der Waals surface area contributed by atoms with Gasteiger partial charge in [0.15, 0.2) is 5.84 Å². The van der Waals surface area contributed by atoms with E-state index in [0.717, 1.165) is 61.5 Å². The van der Waals surface area contributed by atoms with Crippen LogP contribution in [0.5, 0.6) is 0 Å². The summed E-state index contributed by atoms with van der Waals surface area (Å²) in [5.41, 5.74) is 5.08. The van der Waals surface area contributed by atoms with Gasteiger partial charge in [0, 0.05) is 67.7 Å². The summed E-state index contributed by atoms with van der Waals surface area (Å²) in [5.74, 6) is 0.360. The van der Waals surface area contributed by atoms with Crippen LogP contribution in [0.3, 0.4) is 0 Å². The number of amidine groups is 1. The molecule has 0 bridgehead atoms. The maximum atomic E-state index is 13.8. The molecule has 5 rings (SSSR count). The van der Waals surface area contributed by atoms with Crippen LogP contribution in [0.4, 0.5) is 4.39 Å². The van der Waals surface area contributed by atoms with Crippen molar-refractivity contribution in [1.29, 1.82) is 0 Å². The van der Waals surface area contributed by atoms with Crippen LogP contribution >= 0.6 is 11.6 Å². The summed E-state index contributed by atoms with van der Waals surface area (Å²) in [7, 11) is 0. The van der Waals surface area contributed by atoms with Crippen molar-refractivity contribution in [3.63, 3.8) is 0 Å². The second kappa shape index (κ2) is 11.1. The van der Waals surface area contributed by atoms with Gasteiger partial charge in [-0.25, -0.2) is 4.39 Å². The monoisotopic (exact) mass is 508 g/mol. The molecule has 190 valence electrons. The summed E-state index contributed by atoms with van der Waals surface area (Å²) in [6.07, 6.45) is 7.43. The van der Waals surface area contributed by atoms with Gasteiger partial charge in [0.1, 0.15) is 17.6 Å². The average Bonchev–Trinajstić information content (AvgIpc) is 3.34. The number of likely N-dealkylation sites (tertiary alicyclic amines) is 1. The number of hydrogen-bond acceptors (Lipinski definition) is 6. The molecule has 1 N–H and O–H groups in total. The molecular weight excluding hydrogens is 475 g/mol. The molecule has 0 saturated carbocycles. The molecule has 3 aliphatic heterocycles. The van der Waals surface area contributed by atoms with E-state index >= 15 is 0 Å². The summed E-state index contributed by atoms with van der Waals surface area (Å²) in [6, 6.07) is 10.6. The highest BCUT2D eigenvalue weighted by atomic mass is 35.5. The van der Waals surface area contributed by atoms with E-state index in [1.54, 1.807) is 12.3 Å². The standard InChI is InChI=1S/C28H34ClFN6/c1-3-22-7-6-14-36(22)34-21-11-15-35(16-12-21)18-26-19(2)27(23-10-9-20(30)17-24(23)29)33-28(32-26)25-8-4-5-13-31-25/h4-5,8-10,13,17,22,27H,3,6-7,11-12,14-16,18H2,1-2H3,(H,32,33)/t22-,27?/m0/s1. The third-order valence-corrected chi connectivity index (χ3v) is 7.81. The topological polar surface area (TPSA) is 56.1 Å². The first-order valence-corrected chi connectivity index (χ1v) is 13.4. The third kappa shape index (κ3) is 5.47. The molecule has 8 heteroatoms. The molecule has 2 atom stereocenters. The van der Waals surface area contributed by atoms with Gasteiger partial charge < -0.3 is 5.32 Å². The molecule has 0 spiro atoms. The zero-order chi connectivity index (χ0) is 25.1. The quantitative estimate of drug-likeness (QED) is 0.554. The lowest BCUT2D eigenvalue weighted by molar-refractivity contribution is 0.251. The molecule has 2 fully saturated rings. The number of aliphatic imine (C=N–C) groups is 1. The van der Waals surface area contributed by atoms with Crippen LogP contribution in [-0.4, -0.2) is 58.7 Å². The lowest BCUT2D eigenvalue weighted by atomic mass is 9.96. The molecule has 1 aromatic carbocycles. The average molecular weight is 509 g/mol. The highest BCUT2D eigenvalue weighted by molar-refractivity contribution is 6.31. The highest BCUT2D eigenvalue weighted by Gasteiger charge is 2.28. The maximum Gasteiger partial charge on any atom is 0.152 e. The number of pyridine rings is 1. The van der Waals surface area contributed by atoms with Gasteiger partial charge in [-0.3, -0.25) is 19.9 Å². The molecule has 0 radical (unpaired) electrons. The van der Waals surface area contributed by atoms with E-state index in [4.69, 9.17) is 21.7 Å². The van der Waals surface area contributed by atoms with Crippen LogP contribution in [0.15, 0.2) is 64.0 Å². The minimum atomic E-state index is -0.349. The first-order chi connectivity index (χ1) is 17.5. The van der Waals surface area contributed by atoms with Crippen molar-refractivity contribution in [3.05, 3.63) is 76.0 Å². The minimum absolute atomic E-state index is 0.297. The Bertz CT molecular complexity index is 1170. The number of aromatic nitrogens is 1. The molecule has 0 amide bonds. The molecule has 0 aliphatic carbocycles. The van der Waals surface area contributed by atoms with Crippen molar-refractivity contribution in [3.8, 4) is 0 Å². The molecule has 2 aromatic rings. The van der Waals surface area contributed by atoms with Crippen molar-refractivity contribution in [1.82, 2.24) is 20.2 Å². The Balaban J connectivity index is 1.34. The van der Waals surface area contributed by atoms with Crippen LogP contribution in [0.2, 0.25) is 5.02 Å². The van der Waals surface area contributed by atoms with E-state index in [2.05, 4.69) is 34.1 Å². The Labute approximate surface area is 218 Å². The molecule has 1 aromatic heterocycles. The summed E-state index contributed by atoms with van der Waals surface area (Å²) in [6.45, 7) is 8.15. The van der Waals surface area contributed by atoms with Gasteiger partial charge in [0.2, 0.25) is 0 Å². The smallest absolute Gasteiger partial charge is 0.152 e. The fourth-order valence-corrected chi connectivity index (χ4v) is 5.60. The summed E-state index contributed by atoms with van der Waals surface area (Å²) < 4.78 is 13.8. The highest BCUT2D eigenvalue weighted by Crippen LogP contribution is 2.35. The van der Waals surface area contributed by atoms with Gasteiger partial charge in [0.25, 0.3) is 0 Å². The largest absolute Gasteiger partial charge is 0.341 e. The summed E-state index contributed by atoms with van der Waals surface area (Å²) in [4.78, 5) is 11.9. The van der Waals surface area contributed by atoms with Crippen molar-refractivity contribution in [2.75, 3.05) is 26.2 Å². The van der Waals surface area contributed by atoms with Crippen molar-refractivity contribution >= 4 is 23.1 Å². The zero-order valence-corrected chi connectivity index (χ0v) is 21.8. The van der Waals surface area contributed by atoms with Crippen LogP contribution in [0, 0.1) is 5.82 Å². The van der Waals surface area contributed by atoms with Gasteiger partial charge in [0.05, 0.1) is 0 Å². The first-order valence-electron chi connectivity index (χ1n) is 13.0. The predicted octanol–water partition coefficient (Wildman–Crippen LogP) is 5.57. The molecule has 2 saturated heterocycles. The number of hydrogen-bond donors (Lipinski definition) is 1. The van der Waals surface area contributed by atoms with E-state index in [9.17, 15) is 4.39 Å². The first kappa shape index (κ1) is 24.9. The number of piperidine rings is 1. The number of benzene rings is 1. The Morgan fingerprint density at radius 3 is 2.72 bits per heavy atom. The number of nitrogens with zero attached hydrogens (tertiary/aromatic N) is 5. The molecule has 4 heterocycles. The van der Waals surface area contributed by atoms with Crippen molar-refractivity contribution < 1.29 is 4.39 Å². The van der Waals surface area contributed by atoms with E-state index in [1.165, 1.54) is 37.1 Å². The van der Waals surface area contributed by atoms with Crippen LogP contribution in [0.1, 0.15) is 63.3 Å². The molecule has 36 heavy (non-hydrogen) atoms. The lowest BCUT2D eigenvalue weighted by Crippen LogP contribution is -2.41. The van der Waals surface area contributed by atoms with Crippen LogP contribution in [0.25, 0.3) is 0 Å². The summed E-state index contributed by atoms with van der Waals surface area (Å²) in [5, 5.41) is 11.3. The molecule has 3 aliphatic rings. The van der Waals surface area contributed by atoms with E-state index in [0.29, 0.717) is 16.9 Å². The van der Waals surface area contributed by atoms with Gasteiger partial charge in [-0.2, -0.15) is 5.10 Å². The number of nitrogens with one attached hydrogen (secondary N) is 1. The van der Waals surface area contributed by atoms with Gasteiger partial charge in [-0.1, -0.05) is 30.7 Å². The zero-order valence-electron chi connectivity index (χ0n) is 21.1. The Morgan fingerprint density at radius 1 is 1.17 bits per heavy atom. The second-order valence-corrected chi connectivity index (χ2v) is 10.3. The van der Waals surface area contributed by atoms with Crippen molar-refractivity contribution in [2.24, 2.45) is 10.1 Å². The van der Waals surface area contributed by atoms with Gasteiger partial charge >= 0.3 is 0 Å².